The van der Waals surface area contributed by atoms with Crippen LogP contribution in [0.3, 0.4) is 0 Å². The normalized spacial score (nSPS) is 11.2. The molecule has 7 heteroatoms. The van der Waals surface area contributed by atoms with Gasteiger partial charge in [-0.05, 0) is 54.4 Å². The molecule has 0 unspecified atom stereocenters. The number of hydrogen-bond donors (Lipinski definition) is 0. The van der Waals surface area contributed by atoms with Crippen LogP contribution in [-0.4, -0.2) is 32.0 Å². The first-order valence-corrected chi connectivity index (χ1v) is 12.7. The SMILES string of the molecule is Cc1c(CCOC(=O)Oc2ccccc2)c(-c2cccc(S(C)(=O)=O)c2)cn1-c1ccccc1. The van der Waals surface area contributed by atoms with E-state index in [1.165, 1.54) is 6.26 Å². The van der Waals surface area contributed by atoms with Gasteiger partial charge in [0.1, 0.15) is 5.75 Å². The number of sulfone groups is 1. The molecule has 0 aliphatic carbocycles. The second-order valence-corrected chi connectivity index (χ2v) is 9.89. The zero-order valence-corrected chi connectivity index (χ0v) is 19.8. The Balaban J connectivity index is 1.63. The van der Waals surface area contributed by atoms with Crippen LogP contribution in [0.2, 0.25) is 0 Å². The number of hydrogen-bond acceptors (Lipinski definition) is 5. The molecule has 0 saturated carbocycles. The molecule has 0 amide bonds. The van der Waals surface area contributed by atoms with Gasteiger partial charge in [0, 0.05) is 35.8 Å². The molecule has 4 rings (SSSR count). The Morgan fingerprint density at radius 1 is 0.912 bits per heavy atom. The van der Waals surface area contributed by atoms with Gasteiger partial charge in [0.25, 0.3) is 0 Å². The van der Waals surface area contributed by atoms with E-state index < -0.39 is 16.0 Å². The third-order valence-corrected chi connectivity index (χ3v) is 6.62. The number of para-hydroxylation sites is 2. The van der Waals surface area contributed by atoms with Crippen LogP contribution in [0.15, 0.2) is 96.0 Å². The van der Waals surface area contributed by atoms with Crippen molar-refractivity contribution in [2.45, 2.75) is 18.2 Å². The minimum absolute atomic E-state index is 0.115. The second kappa shape index (κ2) is 9.97. The molecule has 6 nitrogen and oxygen atoms in total. The summed E-state index contributed by atoms with van der Waals surface area (Å²) in [4.78, 5) is 12.4. The molecule has 0 spiro atoms. The van der Waals surface area contributed by atoms with E-state index in [4.69, 9.17) is 9.47 Å². The van der Waals surface area contributed by atoms with Crippen molar-refractivity contribution in [1.29, 1.82) is 0 Å². The zero-order chi connectivity index (χ0) is 24.1. The number of aromatic nitrogens is 1. The van der Waals surface area contributed by atoms with E-state index in [1.807, 2.05) is 55.6 Å². The largest absolute Gasteiger partial charge is 0.513 e. The fourth-order valence-corrected chi connectivity index (χ4v) is 4.48. The Morgan fingerprint density at radius 3 is 2.26 bits per heavy atom. The molecular formula is C27H25NO5S. The van der Waals surface area contributed by atoms with Crippen molar-refractivity contribution in [3.05, 3.63) is 102 Å². The number of carbonyl (C=O) groups excluding carboxylic acids is 1. The van der Waals surface area contributed by atoms with Crippen molar-refractivity contribution < 1.29 is 22.7 Å². The van der Waals surface area contributed by atoms with Gasteiger partial charge in [-0.15, -0.1) is 0 Å². The lowest BCUT2D eigenvalue weighted by Gasteiger charge is -2.09. The first-order valence-electron chi connectivity index (χ1n) is 10.8. The Labute approximate surface area is 199 Å². The van der Waals surface area contributed by atoms with Crippen molar-refractivity contribution >= 4 is 16.0 Å². The van der Waals surface area contributed by atoms with Crippen molar-refractivity contribution in [2.75, 3.05) is 12.9 Å². The van der Waals surface area contributed by atoms with Gasteiger partial charge in [0.15, 0.2) is 9.84 Å². The van der Waals surface area contributed by atoms with Crippen LogP contribution >= 0.6 is 0 Å². The summed E-state index contributed by atoms with van der Waals surface area (Å²) in [6, 6.07) is 25.5. The Kier molecular flexibility index (Phi) is 6.84. The first kappa shape index (κ1) is 23.3. The standard InChI is InChI=1S/C27H25NO5S/c1-20-25(16-17-32-27(29)33-23-13-7-4-8-14-23)26(19-28(20)22-11-5-3-6-12-22)21-10-9-15-24(18-21)34(2,30)31/h3-15,18-19H,16-17H2,1-2H3. The summed E-state index contributed by atoms with van der Waals surface area (Å²) < 4.78 is 36.8. The van der Waals surface area contributed by atoms with Crippen LogP contribution in [-0.2, 0) is 21.0 Å². The minimum atomic E-state index is -3.35. The molecule has 0 radical (unpaired) electrons. The first-order chi connectivity index (χ1) is 16.3. The molecule has 174 valence electrons. The van der Waals surface area contributed by atoms with Crippen LogP contribution in [0.4, 0.5) is 4.79 Å². The van der Waals surface area contributed by atoms with Gasteiger partial charge in [-0.1, -0.05) is 48.5 Å². The molecule has 0 aliphatic heterocycles. The topological polar surface area (TPSA) is 74.6 Å². The van der Waals surface area contributed by atoms with Gasteiger partial charge < -0.3 is 14.0 Å². The third-order valence-electron chi connectivity index (χ3n) is 5.51. The highest BCUT2D eigenvalue weighted by atomic mass is 32.2. The molecule has 0 N–H and O–H groups in total. The van der Waals surface area contributed by atoms with E-state index in [2.05, 4.69) is 4.57 Å². The number of carbonyl (C=O) groups is 1. The van der Waals surface area contributed by atoms with Crippen LogP contribution in [0.1, 0.15) is 11.3 Å². The lowest BCUT2D eigenvalue weighted by atomic mass is 10.0. The van der Waals surface area contributed by atoms with Crippen molar-refractivity contribution in [3.8, 4) is 22.6 Å². The Morgan fingerprint density at radius 2 is 1.59 bits per heavy atom. The van der Waals surface area contributed by atoms with Crippen LogP contribution in [0.25, 0.3) is 16.8 Å². The molecule has 3 aromatic carbocycles. The minimum Gasteiger partial charge on any atom is -0.434 e. The van der Waals surface area contributed by atoms with Gasteiger partial charge in [0.2, 0.25) is 0 Å². The van der Waals surface area contributed by atoms with Crippen molar-refractivity contribution in [2.24, 2.45) is 0 Å². The van der Waals surface area contributed by atoms with Crippen molar-refractivity contribution in [3.63, 3.8) is 0 Å². The number of benzene rings is 3. The van der Waals surface area contributed by atoms with E-state index in [0.717, 1.165) is 28.1 Å². The van der Waals surface area contributed by atoms with Crippen LogP contribution < -0.4 is 4.74 Å². The van der Waals surface area contributed by atoms with E-state index in [9.17, 15) is 13.2 Å². The molecule has 34 heavy (non-hydrogen) atoms. The van der Waals surface area contributed by atoms with E-state index in [1.54, 1.807) is 42.5 Å². The smallest absolute Gasteiger partial charge is 0.434 e. The summed E-state index contributed by atoms with van der Waals surface area (Å²) in [6.45, 7) is 2.11. The second-order valence-electron chi connectivity index (χ2n) is 7.88. The summed E-state index contributed by atoms with van der Waals surface area (Å²) in [6.07, 6.45) is 2.85. The van der Waals surface area contributed by atoms with Crippen LogP contribution in [0, 0.1) is 6.92 Å². The van der Waals surface area contributed by atoms with Gasteiger partial charge in [-0.2, -0.15) is 0 Å². The summed E-state index contributed by atoms with van der Waals surface area (Å²) in [5.41, 5.74) is 4.58. The summed E-state index contributed by atoms with van der Waals surface area (Å²) in [5.74, 6) is 0.414. The third kappa shape index (κ3) is 5.38. The quantitative estimate of drug-likeness (QED) is 0.256. The zero-order valence-electron chi connectivity index (χ0n) is 19.0. The van der Waals surface area contributed by atoms with Crippen LogP contribution in [0.5, 0.6) is 5.75 Å². The molecular weight excluding hydrogens is 450 g/mol. The van der Waals surface area contributed by atoms with Gasteiger partial charge in [-0.3, -0.25) is 0 Å². The van der Waals surface area contributed by atoms with E-state index in [-0.39, 0.29) is 11.5 Å². The maximum absolute atomic E-state index is 12.1. The molecule has 0 aliphatic rings. The Bertz CT molecular complexity index is 1390. The van der Waals surface area contributed by atoms with Gasteiger partial charge in [0.05, 0.1) is 11.5 Å². The maximum atomic E-state index is 12.1. The van der Waals surface area contributed by atoms with Gasteiger partial charge >= 0.3 is 6.16 Å². The Hall–Kier alpha value is -3.84. The monoisotopic (exact) mass is 475 g/mol. The number of nitrogens with zero attached hydrogens (tertiary/aromatic N) is 1. The summed E-state index contributed by atoms with van der Waals surface area (Å²) in [7, 11) is -3.35. The van der Waals surface area contributed by atoms with E-state index in [0.29, 0.717) is 12.2 Å². The average Bonchev–Trinajstić information content (AvgIpc) is 3.16. The lowest BCUT2D eigenvalue weighted by molar-refractivity contribution is 0.100. The summed E-state index contributed by atoms with van der Waals surface area (Å²) >= 11 is 0. The summed E-state index contributed by atoms with van der Waals surface area (Å²) in [5, 5.41) is 0. The molecule has 0 bridgehead atoms. The molecule has 0 saturated heterocycles. The van der Waals surface area contributed by atoms with E-state index >= 15 is 0 Å². The fourth-order valence-electron chi connectivity index (χ4n) is 3.81. The van der Waals surface area contributed by atoms with Crippen molar-refractivity contribution in [1.82, 2.24) is 4.57 Å². The maximum Gasteiger partial charge on any atom is 0.513 e. The average molecular weight is 476 g/mol. The lowest BCUT2D eigenvalue weighted by Crippen LogP contribution is -2.13. The highest BCUT2D eigenvalue weighted by Crippen LogP contribution is 2.32. The molecule has 4 aromatic rings. The number of rotatable bonds is 7. The number of ether oxygens (including phenoxy) is 2. The molecule has 1 aromatic heterocycles. The highest BCUT2D eigenvalue weighted by Gasteiger charge is 2.18. The van der Waals surface area contributed by atoms with Gasteiger partial charge in [-0.25, -0.2) is 13.2 Å². The predicted octanol–water partition coefficient (Wildman–Crippen LogP) is 5.61. The predicted molar refractivity (Wildman–Crippen MR) is 131 cm³/mol. The molecule has 0 atom stereocenters. The molecule has 1 heterocycles. The highest BCUT2D eigenvalue weighted by molar-refractivity contribution is 7.90. The molecule has 0 fully saturated rings. The fraction of sp³-hybridized carbons (Fsp3) is 0.148.